The van der Waals surface area contributed by atoms with Crippen LogP contribution in [0.2, 0.25) is 0 Å². The van der Waals surface area contributed by atoms with Crippen LogP contribution in [0.3, 0.4) is 0 Å². The summed E-state index contributed by atoms with van der Waals surface area (Å²) in [6.07, 6.45) is 3.75. The lowest BCUT2D eigenvalue weighted by Crippen LogP contribution is -2.30. The molecule has 1 aliphatic carbocycles. The van der Waals surface area contributed by atoms with Crippen LogP contribution >= 0.6 is 27.3 Å². The van der Waals surface area contributed by atoms with Crippen molar-refractivity contribution in [1.29, 1.82) is 0 Å². The number of rotatable bonds is 8. The Labute approximate surface area is 194 Å². The molecule has 0 radical (unpaired) electrons. The van der Waals surface area contributed by atoms with E-state index in [0.29, 0.717) is 10.6 Å². The number of amides is 2. The van der Waals surface area contributed by atoms with Crippen LogP contribution in [0.1, 0.15) is 32.8 Å². The van der Waals surface area contributed by atoms with Crippen molar-refractivity contribution in [3.63, 3.8) is 0 Å². The van der Waals surface area contributed by atoms with Gasteiger partial charge in [-0.15, -0.1) is 11.3 Å². The third-order valence-electron chi connectivity index (χ3n) is 5.22. The summed E-state index contributed by atoms with van der Waals surface area (Å²) in [5, 5.41) is 9.76. The summed E-state index contributed by atoms with van der Waals surface area (Å²) in [5.74, 6) is -0.306. The highest BCUT2D eigenvalue weighted by molar-refractivity contribution is 9.10. The van der Waals surface area contributed by atoms with Gasteiger partial charge in [-0.25, -0.2) is 0 Å². The van der Waals surface area contributed by atoms with Gasteiger partial charge in [0, 0.05) is 15.0 Å². The largest absolute Gasteiger partial charge is 0.322 e. The number of carbonyl (C=O) groups is 2. The SMILES string of the molecule is O=C(CNCCc1ccccc1)Nc1sc2c(c1C(=O)Nc1ccc(Br)cc1)CCC2. The predicted molar refractivity (Wildman–Crippen MR) is 130 cm³/mol. The second-order valence-electron chi connectivity index (χ2n) is 7.48. The molecule has 1 aliphatic rings. The van der Waals surface area contributed by atoms with Crippen LogP contribution in [-0.2, 0) is 24.1 Å². The standard InChI is InChI=1S/C24H24BrN3O2S/c25-17-9-11-18(12-10-17)27-23(30)22-19-7-4-8-20(19)31-24(22)28-21(29)15-26-14-13-16-5-2-1-3-6-16/h1-3,5-6,9-12,26H,4,7-8,13-15H2,(H,27,30)(H,28,29). The number of hydrogen-bond donors (Lipinski definition) is 3. The quantitative estimate of drug-likeness (QED) is 0.382. The topological polar surface area (TPSA) is 70.2 Å². The van der Waals surface area contributed by atoms with Crippen molar-refractivity contribution in [3.8, 4) is 0 Å². The van der Waals surface area contributed by atoms with Crippen molar-refractivity contribution in [2.75, 3.05) is 23.7 Å². The van der Waals surface area contributed by atoms with E-state index in [0.717, 1.165) is 48.0 Å². The number of fused-ring (bicyclic) bond motifs is 1. The Kier molecular flexibility index (Phi) is 7.17. The average Bonchev–Trinajstić information content (AvgIpc) is 3.34. The lowest BCUT2D eigenvalue weighted by molar-refractivity contribution is -0.115. The van der Waals surface area contributed by atoms with E-state index in [1.54, 1.807) is 0 Å². The highest BCUT2D eigenvalue weighted by Crippen LogP contribution is 2.39. The second-order valence-corrected chi connectivity index (χ2v) is 9.50. The highest BCUT2D eigenvalue weighted by Gasteiger charge is 2.27. The van der Waals surface area contributed by atoms with Crippen LogP contribution in [0, 0.1) is 0 Å². The number of thiophene rings is 1. The number of carbonyl (C=O) groups excluding carboxylic acids is 2. The minimum Gasteiger partial charge on any atom is -0.322 e. The minimum absolute atomic E-state index is 0.134. The van der Waals surface area contributed by atoms with Gasteiger partial charge in [0.15, 0.2) is 0 Å². The first-order chi connectivity index (χ1) is 15.1. The number of aryl methyl sites for hydroxylation is 1. The highest BCUT2D eigenvalue weighted by atomic mass is 79.9. The third-order valence-corrected chi connectivity index (χ3v) is 6.96. The van der Waals surface area contributed by atoms with Crippen LogP contribution in [0.25, 0.3) is 0 Å². The first-order valence-corrected chi connectivity index (χ1v) is 12.0. The molecule has 0 unspecified atom stereocenters. The van der Waals surface area contributed by atoms with E-state index >= 15 is 0 Å². The molecule has 0 spiro atoms. The molecule has 0 saturated heterocycles. The average molecular weight is 498 g/mol. The van der Waals surface area contributed by atoms with Crippen LogP contribution in [0.15, 0.2) is 59.1 Å². The van der Waals surface area contributed by atoms with E-state index in [1.807, 2.05) is 42.5 Å². The molecule has 4 rings (SSSR count). The van der Waals surface area contributed by atoms with Gasteiger partial charge in [0.2, 0.25) is 5.91 Å². The van der Waals surface area contributed by atoms with Gasteiger partial charge in [0.05, 0.1) is 12.1 Å². The van der Waals surface area contributed by atoms with Gasteiger partial charge in [0.1, 0.15) is 5.00 Å². The van der Waals surface area contributed by atoms with Gasteiger partial charge in [-0.3, -0.25) is 9.59 Å². The molecule has 1 heterocycles. The predicted octanol–water partition coefficient (Wildman–Crippen LogP) is 5.02. The van der Waals surface area contributed by atoms with E-state index in [9.17, 15) is 9.59 Å². The molecule has 2 amide bonds. The van der Waals surface area contributed by atoms with Crippen LogP contribution in [-0.4, -0.2) is 24.9 Å². The van der Waals surface area contributed by atoms with Crippen molar-refractivity contribution in [2.24, 2.45) is 0 Å². The van der Waals surface area contributed by atoms with Gasteiger partial charge in [-0.05, 0) is 67.6 Å². The maximum atomic E-state index is 13.1. The van der Waals surface area contributed by atoms with E-state index in [-0.39, 0.29) is 18.4 Å². The minimum atomic E-state index is -0.172. The van der Waals surface area contributed by atoms with Crippen molar-refractivity contribution in [1.82, 2.24) is 5.32 Å². The Morgan fingerprint density at radius 2 is 1.74 bits per heavy atom. The molecule has 7 heteroatoms. The van der Waals surface area contributed by atoms with Gasteiger partial charge < -0.3 is 16.0 Å². The number of benzene rings is 2. The molecule has 31 heavy (non-hydrogen) atoms. The first kappa shape index (κ1) is 21.7. The molecule has 0 saturated carbocycles. The van der Waals surface area contributed by atoms with Crippen molar-refractivity contribution >= 4 is 49.8 Å². The lowest BCUT2D eigenvalue weighted by atomic mass is 10.1. The Bertz CT molecular complexity index is 1060. The van der Waals surface area contributed by atoms with Gasteiger partial charge in [0.25, 0.3) is 5.91 Å². The van der Waals surface area contributed by atoms with E-state index in [1.165, 1.54) is 21.8 Å². The molecular weight excluding hydrogens is 474 g/mol. The molecule has 3 aromatic rings. The summed E-state index contributed by atoms with van der Waals surface area (Å²) in [4.78, 5) is 26.8. The molecule has 160 valence electrons. The summed E-state index contributed by atoms with van der Waals surface area (Å²) >= 11 is 4.93. The van der Waals surface area contributed by atoms with E-state index in [4.69, 9.17) is 0 Å². The fourth-order valence-corrected chi connectivity index (χ4v) is 5.28. The molecule has 1 aromatic heterocycles. The lowest BCUT2D eigenvalue weighted by Gasteiger charge is -2.10. The summed E-state index contributed by atoms with van der Waals surface area (Å²) in [7, 11) is 0. The zero-order chi connectivity index (χ0) is 21.6. The normalized spacial score (nSPS) is 12.4. The summed E-state index contributed by atoms with van der Waals surface area (Å²) in [6, 6.07) is 17.6. The Hall–Kier alpha value is -2.48. The fraction of sp³-hybridized carbons (Fsp3) is 0.250. The molecule has 0 bridgehead atoms. The molecule has 0 aliphatic heterocycles. The Morgan fingerprint density at radius 3 is 2.52 bits per heavy atom. The van der Waals surface area contributed by atoms with Crippen LogP contribution < -0.4 is 16.0 Å². The second kappa shape index (κ2) is 10.2. The maximum Gasteiger partial charge on any atom is 0.258 e. The number of halogens is 1. The zero-order valence-corrected chi connectivity index (χ0v) is 19.4. The number of anilines is 2. The Morgan fingerprint density at radius 1 is 0.968 bits per heavy atom. The summed E-state index contributed by atoms with van der Waals surface area (Å²) < 4.78 is 0.953. The van der Waals surface area contributed by atoms with Crippen LogP contribution in [0.4, 0.5) is 10.7 Å². The molecule has 0 fully saturated rings. The van der Waals surface area contributed by atoms with Gasteiger partial charge >= 0.3 is 0 Å². The van der Waals surface area contributed by atoms with Gasteiger partial charge in [-0.1, -0.05) is 46.3 Å². The maximum absolute atomic E-state index is 13.1. The van der Waals surface area contributed by atoms with Crippen molar-refractivity contribution < 1.29 is 9.59 Å². The number of hydrogen-bond acceptors (Lipinski definition) is 4. The molecule has 5 nitrogen and oxygen atoms in total. The summed E-state index contributed by atoms with van der Waals surface area (Å²) in [5.41, 5.74) is 3.65. The third kappa shape index (κ3) is 5.61. The zero-order valence-electron chi connectivity index (χ0n) is 17.0. The monoisotopic (exact) mass is 497 g/mol. The molecular formula is C24H24BrN3O2S. The van der Waals surface area contributed by atoms with E-state index in [2.05, 4.69) is 44.0 Å². The van der Waals surface area contributed by atoms with Crippen molar-refractivity contribution in [3.05, 3.63) is 80.6 Å². The summed E-state index contributed by atoms with van der Waals surface area (Å²) in [6.45, 7) is 0.929. The first-order valence-electron chi connectivity index (χ1n) is 10.4. The van der Waals surface area contributed by atoms with Gasteiger partial charge in [-0.2, -0.15) is 0 Å². The fourth-order valence-electron chi connectivity index (χ4n) is 3.71. The Balaban J connectivity index is 1.38. The van der Waals surface area contributed by atoms with Crippen LogP contribution in [0.5, 0.6) is 0 Å². The smallest absolute Gasteiger partial charge is 0.258 e. The number of nitrogens with one attached hydrogen (secondary N) is 3. The molecule has 2 aromatic carbocycles. The molecule has 3 N–H and O–H groups in total. The molecule has 0 atom stereocenters. The van der Waals surface area contributed by atoms with Crippen molar-refractivity contribution in [2.45, 2.75) is 25.7 Å². The van der Waals surface area contributed by atoms with E-state index < -0.39 is 0 Å².